The van der Waals surface area contributed by atoms with Gasteiger partial charge in [-0.2, -0.15) is 0 Å². The minimum absolute atomic E-state index is 0.0194. The van der Waals surface area contributed by atoms with Crippen molar-refractivity contribution in [3.05, 3.63) is 45.2 Å². The summed E-state index contributed by atoms with van der Waals surface area (Å²) in [4.78, 5) is 24.6. The molecule has 1 aromatic heterocycles. The number of carboxylic acid groups (broad SMARTS) is 1. The van der Waals surface area contributed by atoms with Crippen LogP contribution in [0.15, 0.2) is 23.1 Å². The zero-order valence-electron chi connectivity index (χ0n) is 21.2. The molecule has 6 heteroatoms. The smallest absolute Gasteiger partial charge is 0.341 e. The Labute approximate surface area is 207 Å². The molecule has 1 aliphatic carbocycles. The van der Waals surface area contributed by atoms with Crippen molar-refractivity contribution in [2.75, 3.05) is 13.2 Å². The molecule has 0 radical (unpaired) electrons. The minimum atomic E-state index is -1.18. The van der Waals surface area contributed by atoms with Gasteiger partial charge in [-0.05, 0) is 36.7 Å². The van der Waals surface area contributed by atoms with Crippen molar-refractivity contribution in [1.29, 1.82) is 0 Å². The van der Waals surface area contributed by atoms with Gasteiger partial charge in [0.25, 0.3) is 0 Å². The van der Waals surface area contributed by atoms with E-state index in [1.165, 1.54) is 50.2 Å². The van der Waals surface area contributed by atoms with Crippen LogP contribution in [0.4, 0.5) is 0 Å². The lowest BCUT2D eigenvalue weighted by molar-refractivity contribution is 0.0693. The highest BCUT2D eigenvalue weighted by atomic mass is 16.6. The molecule has 188 valence electrons. The number of nitrogens with zero attached hydrogens (tertiary/aromatic N) is 1. The van der Waals surface area contributed by atoms with Crippen LogP contribution < -0.4 is 14.9 Å². The summed E-state index contributed by atoms with van der Waals surface area (Å²) in [6, 6.07) is 3.73. The van der Waals surface area contributed by atoms with Crippen LogP contribution in [0.2, 0.25) is 0 Å². The van der Waals surface area contributed by atoms with Gasteiger partial charge in [0.2, 0.25) is 0 Å². The van der Waals surface area contributed by atoms with Crippen LogP contribution in [0, 0.1) is 5.41 Å². The Bertz CT molecular complexity index is 1180. The number of fused-ring (bicyclic) bond motifs is 5. The second kappa shape index (κ2) is 9.36. The van der Waals surface area contributed by atoms with Gasteiger partial charge in [-0.25, -0.2) is 4.79 Å². The van der Waals surface area contributed by atoms with Crippen LogP contribution in [-0.4, -0.2) is 28.9 Å². The lowest BCUT2D eigenvalue weighted by Gasteiger charge is -2.40. The molecule has 6 nitrogen and oxygen atoms in total. The minimum Gasteiger partial charge on any atom is -0.486 e. The van der Waals surface area contributed by atoms with Crippen LogP contribution >= 0.6 is 0 Å². The first kappa shape index (κ1) is 24.0. The Morgan fingerprint density at radius 1 is 0.971 bits per heavy atom. The highest BCUT2D eigenvalue weighted by Gasteiger charge is 2.38. The van der Waals surface area contributed by atoms with E-state index in [4.69, 9.17) is 9.47 Å². The van der Waals surface area contributed by atoms with E-state index < -0.39 is 11.4 Å². The van der Waals surface area contributed by atoms with Crippen molar-refractivity contribution >= 4 is 5.97 Å². The molecule has 3 heterocycles. The predicted octanol–water partition coefficient (Wildman–Crippen LogP) is 6.35. The van der Waals surface area contributed by atoms with Gasteiger partial charge in [-0.1, -0.05) is 59.3 Å². The number of carbonyl (C=O) groups is 1. The largest absolute Gasteiger partial charge is 0.486 e. The summed E-state index contributed by atoms with van der Waals surface area (Å²) in [5.74, 6) is 0.939. The second-order valence-electron chi connectivity index (χ2n) is 11.5. The fourth-order valence-electron chi connectivity index (χ4n) is 6.17. The average Bonchev–Trinajstić information content (AvgIpc) is 2.96. The number of hydrogen-bond donors (Lipinski definition) is 1. The van der Waals surface area contributed by atoms with E-state index in [0.717, 1.165) is 41.2 Å². The third-order valence-electron chi connectivity index (χ3n) is 8.06. The SMILES string of the molecule is CC(C)(C)[C@@H]1Cc2c(cc(C3CCCCCCCC3)c3c2OCCO3)-c2cc(=O)c(C(=O)O)cn21. The van der Waals surface area contributed by atoms with E-state index in [2.05, 4.69) is 26.8 Å². The summed E-state index contributed by atoms with van der Waals surface area (Å²) in [6.07, 6.45) is 12.1. The lowest BCUT2D eigenvalue weighted by atomic mass is 9.77. The summed E-state index contributed by atoms with van der Waals surface area (Å²) in [5, 5.41) is 9.65. The van der Waals surface area contributed by atoms with Crippen molar-refractivity contribution in [2.24, 2.45) is 5.41 Å². The van der Waals surface area contributed by atoms with Crippen LogP contribution in [0.1, 0.15) is 106 Å². The third-order valence-corrected chi connectivity index (χ3v) is 8.06. The first-order chi connectivity index (χ1) is 16.8. The molecule has 0 bridgehead atoms. The Balaban J connectivity index is 1.72. The van der Waals surface area contributed by atoms with Crippen LogP contribution in [0.25, 0.3) is 11.3 Å². The molecule has 0 unspecified atom stereocenters. The van der Waals surface area contributed by atoms with Crippen LogP contribution in [0.5, 0.6) is 11.5 Å². The molecule has 1 N–H and O–H groups in total. The molecule has 2 aromatic rings. The lowest BCUT2D eigenvalue weighted by Crippen LogP contribution is -2.33. The molecule has 2 aliphatic heterocycles. The molecule has 35 heavy (non-hydrogen) atoms. The number of carboxylic acids is 1. The number of rotatable bonds is 2. The van der Waals surface area contributed by atoms with E-state index in [0.29, 0.717) is 25.6 Å². The van der Waals surface area contributed by atoms with Gasteiger partial charge < -0.3 is 19.1 Å². The molecule has 1 saturated carbocycles. The van der Waals surface area contributed by atoms with Gasteiger partial charge in [0.15, 0.2) is 16.9 Å². The number of aromatic carboxylic acids is 1. The zero-order valence-corrected chi connectivity index (χ0v) is 21.2. The molecule has 1 atom stereocenters. The second-order valence-corrected chi connectivity index (χ2v) is 11.5. The molecular formula is C29H37NO5. The predicted molar refractivity (Wildman–Crippen MR) is 136 cm³/mol. The van der Waals surface area contributed by atoms with Crippen molar-refractivity contribution in [3.8, 4) is 22.8 Å². The monoisotopic (exact) mass is 479 g/mol. The zero-order chi connectivity index (χ0) is 24.7. The highest BCUT2D eigenvalue weighted by Crippen LogP contribution is 2.52. The fraction of sp³-hybridized carbons (Fsp3) is 0.586. The third kappa shape index (κ3) is 4.48. The maximum Gasteiger partial charge on any atom is 0.341 e. The summed E-state index contributed by atoms with van der Waals surface area (Å²) in [6.45, 7) is 7.52. The molecule has 0 saturated heterocycles. The maximum atomic E-state index is 12.8. The number of benzene rings is 1. The maximum absolute atomic E-state index is 12.8. The number of hydrogen-bond acceptors (Lipinski definition) is 4. The number of aromatic nitrogens is 1. The molecule has 0 spiro atoms. The van der Waals surface area contributed by atoms with Gasteiger partial charge in [0.1, 0.15) is 18.8 Å². The van der Waals surface area contributed by atoms with Crippen molar-refractivity contribution in [2.45, 2.75) is 90.5 Å². The molecule has 5 rings (SSSR count). The van der Waals surface area contributed by atoms with E-state index >= 15 is 0 Å². The summed E-state index contributed by atoms with van der Waals surface area (Å²) >= 11 is 0. The van der Waals surface area contributed by atoms with E-state index in [1.807, 2.05) is 4.57 Å². The molecule has 1 aromatic carbocycles. The van der Waals surface area contributed by atoms with Crippen molar-refractivity contribution in [3.63, 3.8) is 0 Å². The number of pyridine rings is 1. The first-order valence-corrected chi connectivity index (χ1v) is 13.2. The highest BCUT2D eigenvalue weighted by molar-refractivity contribution is 5.88. The molecule has 3 aliphatic rings. The van der Waals surface area contributed by atoms with Crippen LogP contribution in [-0.2, 0) is 6.42 Å². The average molecular weight is 480 g/mol. The molecule has 1 fully saturated rings. The topological polar surface area (TPSA) is 77.8 Å². The van der Waals surface area contributed by atoms with Gasteiger partial charge in [0, 0.05) is 35.0 Å². The summed E-state index contributed by atoms with van der Waals surface area (Å²) in [5.41, 5.74) is 3.24. The summed E-state index contributed by atoms with van der Waals surface area (Å²) < 4.78 is 14.6. The van der Waals surface area contributed by atoms with E-state index in [1.54, 1.807) is 6.20 Å². The molecular weight excluding hydrogens is 442 g/mol. The Hall–Kier alpha value is -2.76. The quantitative estimate of drug-likeness (QED) is 0.543. The Kier molecular flexibility index (Phi) is 6.41. The van der Waals surface area contributed by atoms with Crippen molar-refractivity contribution < 1.29 is 19.4 Å². The van der Waals surface area contributed by atoms with Crippen molar-refractivity contribution in [1.82, 2.24) is 4.57 Å². The van der Waals surface area contributed by atoms with Crippen LogP contribution in [0.3, 0.4) is 0 Å². The Morgan fingerprint density at radius 3 is 2.23 bits per heavy atom. The van der Waals surface area contributed by atoms with Gasteiger partial charge >= 0.3 is 5.97 Å². The summed E-state index contributed by atoms with van der Waals surface area (Å²) in [7, 11) is 0. The number of ether oxygens (including phenoxy) is 2. The molecule has 0 amide bonds. The van der Waals surface area contributed by atoms with Gasteiger partial charge in [0.05, 0.1) is 5.69 Å². The first-order valence-electron chi connectivity index (χ1n) is 13.2. The fourth-order valence-corrected chi connectivity index (χ4v) is 6.17. The van der Waals surface area contributed by atoms with E-state index in [9.17, 15) is 14.7 Å². The normalized spacial score (nSPS) is 20.7. The van der Waals surface area contributed by atoms with Gasteiger partial charge in [-0.3, -0.25) is 4.79 Å². The van der Waals surface area contributed by atoms with Gasteiger partial charge in [-0.15, -0.1) is 0 Å². The standard InChI is InChI=1S/C29H37NO5/c1-29(2,3)25-15-21-20(23-16-24(31)22(28(32)33)17-30(23)25)14-19(26-27(21)35-13-12-34-26)18-10-8-6-4-5-7-9-11-18/h14,16-18,25H,4-13,15H2,1-3H3,(H,32,33)/t25-/m0/s1. The Morgan fingerprint density at radius 2 is 1.60 bits per heavy atom. The van der Waals surface area contributed by atoms with E-state index in [-0.39, 0.29) is 17.0 Å².